The highest BCUT2D eigenvalue weighted by Gasteiger charge is 2.47. The Balaban J connectivity index is 1.70. The Kier molecular flexibility index (Phi) is 6.33. The van der Waals surface area contributed by atoms with Gasteiger partial charge < -0.3 is 9.64 Å². The zero-order valence-corrected chi connectivity index (χ0v) is 16.2. The second-order valence-electron chi connectivity index (χ2n) is 6.81. The van der Waals surface area contributed by atoms with Gasteiger partial charge in [0.05, 0.1) is 17.9 Å². The number of amides is 1. The van der Waals surface area contributed by atoms with Crippen molar-refractivity contribution >= 4 is 29.2 Å². The fraction of sp³-hybridized carbons (Fsp3) is 0.318. The lowest BCUT2D eigenvalue weighted by molar-refractivity contribution is -0.157. The maximum Gasteiger partial charge on any atom is 0.317 e. The Labute approximate surface area is 169 Å². The van der Waals surface area contributed by atoms with Gasteiger partial charge in [-0.15, -0.1) is 0 Å². The summed E-state index contributed by atoms with van der Waals surface area (Å²) in [6.45, 7) is -0.113. The van der Waals surface area contributed by atoms with Gasteiger partial charge in [0, 0.05) is 17.3 Å². The fourth-order valence-electron chi connectivity index (χ4n) is 3.44. The van der Waals surface area contributed by atoms with Crippen LogP contribution < -0.4 is 4.90 Å². The number of esters is 1. The predicted octanol–water partition coefficient (Wildman–Crippen LogP) is 4.25. The highest BCUT2D eigenvalue weighted by atomic mass is 35.5. The molecule has 0 aliphatic heterocycles. The van der Waals surface area contributed by atoms with E-state index in [1.54, 1.807) is 24.3 Å². The summed E-state index contributed by atoms with van der Waals surface area (Å²) in [5.74, 6) is -0.752. The monoisotopic (exact) mass is 396 g/mol. The minimum Gasteiger partial charge on any atom is -0.455 e. The lowest BCUT2D eigenvalue weighted by atomic mass is 9.64. The average molecular weight is 397 g/mol. The number of ether oxygens (including phenoxy) is 1. The minimum atomic E-state index is -0.727. The predicted molar refractivity (Wildman–Crippen MR) is 107 cm³/mol. The van der Waals surface area contributed by atoms with Crippen molar-refractivity contribution in [2.45, 2.75) is 31.1 Å². The maximum atomic E-state index is 12.8. The molecule has 28 heavy (non-hydrogen) atoms. The van der Waals surface area contributed by atoms with Crippen molar-refractivity contribution in [2.75, 3.05) is 18.1 Å². The summed E-state index contributed by atoms with van der Waals surface area (Å²) in [5.41, 5.74) is 0.773. The van der Waals surface area contributed by atoms with Crippen molar-refractivity contribution in [3.63, 3.8) is 0 Å². The number of rotatable bonds is 7. The topological polar surface area (TPSA) is 70.4 Å². The van der Waals surface area contributed by atoms with Crippen molar-refractivity contribution in [1.29, 1.82) is 5.26 Å². The smallest absolute Gasteiger partial charge is 0.317 e. The minimum absolute atomic E-state index is 0.195. The molecule has 2 aromatic carbocycles. The molecule has 0 bridgehead atoms. The molecule has 1 aliphatic rings. The van der Waals surface area contributed by atoms with Crippen LogP contribution in [-0.4, -0.2) is 25.0 Å². The Morgan fingerprint density at radius 2 is 1.89 bits per heavy atom. The second kappa shape index (κ2) is 8.90. The van der Waals surface area contributed by atoms with E-state index in [0.29, 0.717) is 23.6 Å². The summed E-state index contributed by atoms with van der Waals surface area (Å²) in [4.78, 5) is 27.0. The summed E-state index contributed by atoms with van der Waals surface area (Å²) in [6, 6.07) is 18.3. The molecule has 2 aromatic rings. The van der Waals surface area contributed by atoms with Gasteiger partial charge in [-0.3, -0.25) is 9.59 Å². The molecule has 0 atom stereocenters. The van der Waals surface area contributed by atoms with E-state index in [-0.39, 0.29) is 25.5 Å². The Morgan fingerprint density at radius 1 is 1.14 bits per heavy atom. The molecule has 1 saturated carbocycles. The lowest BCUT2D eigenvalue weighted by Gasteiger charge is -2.39. The van der Waals surface area contributed by atoms with Crippen molar-refractivity contribution in [3.05, 3.63) is 65.2 Å². The van der Waals surface area contributed by atoms with Gasteiger partial charge >= 0.3 is 5.97 Å². The molecule has 1 amide bonds. The van der Waals surface area contributed by atoms with Crippen molar-refractivity contribution in [1.82, 2.24) is 0 Å². The van der Waals surface area contributed by atoms with Gasteiger partial charge in [0.1, 0.15) is 0 Å². The standard InChI is InChI=1S/C22H21ClN2O3/c23-18-8-4-7-17(15-18)22(11-5-12-22)21(27)28-16-20(26)25(14-6-13-24)19-9-2-1-3-10-19/h1-4,7-10,15H,5-6,11-12,14,16H2. The molecule has 3 rings (SSSR count). The molecule has 0 spiro atoms. The van der Waals surface area contributed by atoms with E-state index in [1.165, 1.54) is 4.90 Å². The van der Waals surface area contributed by atoms with E-state index < -0.39 is 11.4 Å². The van der Waals surface area contributed by atoms with Crippen LogP contribution in [-0.2, 0) is 19.7 Å². The number of hydrogen-bond acceptors (Lipinski definition) is 4. The van der Waals surface area contributed by atoms with Crippen LogP contribution in [0.4, 0.5) is 5.69 Å². The Hall–Kier alpha value is -2.84. The van der Waals surface area contributed by atoms with Crippen LogP contribution in [0.1, 0.15) is 31.2 Å². The molecule has 0 aromatic heterocycles. The van der Waals surface area contributed by atoms with Gasteiger partial charge in [-0.05, 0) is 42.7 Å². The van der Waals surface area contributed by atoms with Crippen LogP contribution >= 0.6 is 11.6 Å². The molecule has 1 aliphatic carbocycles. The van der Waals surface area contributed by atoms with Crippen LogP contribution in [0.15, 0.2) is 54.6 Å². The molecule has 1 fully saturated rings. The van der Waals surface area contributed by atoms with Gasteiger partial charge in [-0.2, -0.15) is 5.26 Å². The van der Waals surface area contributed by atoms with Crippen molar-refractivity contribution < 1.29 is 14.3 Å². The molecule has 0 heterocycles. The largest absolute Gasteiger partial charge is 0.455 e. The number of hydrogen-bond donors (Lipinski definition) is 0. The van der Waals surface area contributed by atoms with Gasteiger partial charge in [0.2, 0.25) is 0 Å². The number of carbonyl (C=O) groups is 2. The van der Waals surface area contributed by atoms with Gasteiger partial charge in [0.15, 0.2) is 6.61 Å². The Bertz CT molecular complexity index is 888. The van der Waals surface area contributed by atoms with E-state index in [2.05, 4.69) is 0 Å². The van der Waals surface area contributed by atoms with E-state index in [4.69, 9.17) is 21.6 Å². The number of nitriles is 1. The van der Waals surface area contributed by atoms with Gasteiger partial charge in [-0.1, -0.05) is 48.4 Å². The molecular formula is C22H21ClN2O3. The molecule has 6 heteroatoms. The number of benzene rings is 2. The Morgan fingerprint density at radius 3 is 2.50 bits per heavy atom. The van der Waals surface area contributed by atoms with Crippen LogP contribution in [0.5, 0.6) is 0 Å². The number of carbonyl (C=O) groups excluding carboxylic acids is 2. The highest BCUT2D eigenvalue weighted by Crippen LogP contribution is 2.45. The summed E-state index contributed by atoms with van der Waals surface area (Å²) in [5, 5.41) is 9.44. The summed E-state index contributed by atoms with van der Waals surface area (Å²) < 4.78 is 5.43. The zero-order chi connectivity index (χ0) is 20.0. The summed E-state index contributed by atoms with van der Waals surface area (Å²) in [7, 11) is 0. The van der Waals surface area contributed by atoms with Crippen LogP contribution in [0, 0.1) is 11.3 Å². The zero-order valence-electron chi connectivity index (χ0n) is 15.4. The van der Waals surface area contributed by atoms with E-state index in [1.807, 2.05) is 36.4 Å². The van der Waals surface area contributed by atoms with Crippen LogP contribution in [0.2, 0.25) is 5.02 Å². The fourth-order valence-corrected chi connectivity index (χ4v) is 3.63. The third-order valence-electron chi connectivity index (χ3n) is 5.12. The SMILES string of the molecule is N#CCCN(C(=O)COC(=O)C1(c2cccc(Cl)c2)CCC1)c1ccccc1. The first kappa shape index (κ1) is 19.9. The first-order chi connectivity index (χ1) is 13.6. The highest BCUT2D eigenvalue weighted by molar-refractivity contribution is 6.30. The van der Waals surface area contributed by atoms with Gasteiger partial charge in [-0.25, -0.2) is 0 Å². The molecule has 5 nitrogen and oxygen atoms in total. The summed E-state index contributed by atoms with van der Waals surface area (Å²) >= 11 is 6.08. The second-order valence-corrected chi connectivity index (χ2v) is 7.25. The third-order valence-corrected chi connectivity index (χ3v) is 5.35. The summed E-state index contributed by atoms with van der Waals surface area (Å²) in [6.07, 6.45) is 2.48. The molecule has 0 radical (unpaired) electrons. The number of para-hydroxylation sites is 1. The first-order valence-corrected chi connectivity index (χ1v) is 9.60. The maximum absolute atomic E-state index is 12.8. The van der Waals surface area contributed by atoms with E-state index in [0.717, 1.165) is 12.0 Å². The lowest BCUT2D eigenvalue weighted by Crippen LogP contribution is -2.45. The molecule has 0 unspecified atom stereocenters. The van der Waals surface area contributed by atoms with Crippen molar-refractivity contribution in [3.8, 4) is 6.07 Å². The quantitative estimate of drug-likeness (QED) is 0.656. The normalized spacial score (nSPS) is 14.4. The third kappa shape index (κ3) is 4.18. The number of anilines is 1. The number of halogens is 1. The first-order valence-electron chi connectivity index (χ1n) is 9.22. The van der Waals surface area contributed by atoms with Crippen molar-refractivity contribution in [2.24, 2.45) is 0 Å². The molecule has 144 valence electrons. The number of nitrogens with zero attached hydrogens (tertiary/aromatic N) is 2. The molecule has 0 N–H and O–H groups in total. The molecular weight excluding hydrogens is 376 g/mol. The average Bonchev–Trinajstić information content (AvgIpc) is 2.67. The van der Waals surface area contributed by atoms with E-state index >= 15 is 0 Å². The van der Waals surface area contributed by atoms with E-state index in [9.17, 15) is 9.59 Å². The van der Waals surface area contributed by atoms with Crippen LogP contribution in [0.25, 0.3) is 0 Å². The molecule has 0 saturated heterocycles. The van der Waals surface area contributed by atoms with Crippen LogP contribution in [0.3, 0.4) is 0 Å². The van der Waals surface area contributed by atoms with Gasteiger partial charge in [0.25, 0.3) is 5.91 Å².